The lowest BCUT2D eigenvalue weighted by molar-refractivity contribution is 0.102. The van der Waals surface area contributed by atoms with E-state index in [1.54, 1.807) is 61.0 Å². The van der Waals surface area contributed by atoms with E-state index in [1.165, 1.54) is 0 Å². The minimum absolute atomic E-state index is 0.244. The zero-order valence-corrected chi connectivity index (χ0v) is 16.8. The Labute approximate surface area is 179 Å². The van der Waals surface area contributed by atoms with Crippen LogP contribution in [0, 0.1) is 0 Å². The van der Waals surface area contributed by atoms with Crippen LogP contribution in [0.3, 0.4) is 0 Å². The molecule has 1 fully saturated rings. The molecule has 4 rings (SSSR count). The first-order chi connectivity index (χ1) is 15.2. The normalized spacial score (nSPS) is 13.5. The van der Waals surface area contributed by atoms with Gasteiger partial charge in [-0.15, -0.1) is 0 Å². The second kappa shape index (κ2) is 9.77. The molecule has 1 aliphatic rings. The number of carbonyl (C=O) groups is 2. The van der Waals surface area contributed by atoms with Gasteiger partial charge in [0, 0.05) is 30.7 Å². The van der Waals surface area contributed by atoms with Crippen LogP contribution in [0.5, 0.6) is 0 Å². The molecular formula is C22H23N5O4. The molecular weight excluding hydrogens is 398 g/mol. The Bertz CT molecular complexity index is 1010. The molecule has 0 unspecified atom stereocenters. The van der Waals surface area contributed by atoms with Gasteiger partial charge >= 0.3 is 6.03 Å². The SMILES string of the molecule is O=C(NCc1ccco1)Nc1ccc(NC(=O)c2cccnc2N2CCOCC2)cc1. The molecule has 3 aromatic rings. The number of urea groups is 1. The Morgan fingerprint density at radius 3 is 2.42 bits per heavy atom. The molecule has 0 spiro atoms. The van der Waals surface area contributed by atoms with Gasteiger partial charge in [0.15, 0.2) is 0 Å². The van der Waals surface area contributed by atoms with Crippen molar-refractivity contribution in [3.8, 4) is 0 Å². The minimum atomic E-state index is -0.348. The number of carbonyl (C=O) groups excluding carboxylic acids is 2. The third-order valence-electron chi connectivity index (χ3n) is 4.75. The fourth-order valence-electron chi connectivity index (χ4n) is 3.19. The summed E-state index contributed by atoms with van der Waals surface area (Å²) in [6, 6.07) is 13.6. The minimum Gasteiger partial charge on any atom is -0.467 e. The predicted molar refractivity (Wildman–Crippen MR) is 116 cm³/mol. The Kier molecular flexibility index (Phi) is 6.44. The largest absolute Gasteiger partial charge is 0.467 e. The molecule has 160 valence electrons. The third-order valence-corrected chi connectivity index (χ3v) is 4.75. The van der Waals surface area contributed by atoms with Crippen LogP contribution < -0.4 is 20.9 Å². The Morgan fingerprint density at radius 2 is 1.71 bits per heavy atom. The third kappa shape index (κ3) is 5.40. The first-order valence-electron chi connectivity index (χ1n) is 9.95. The van der Waals surface area contributed by atoms with Crippen LogP contribution in [0.1, 0.15) is 16.1 Å². The van der Waals surface area contributed by atoms with Gasteiger partial charge in [0.1, 0.15) is 11.6 Å². The number of nitrogens with one attached hydrogen (secondary N) is 3. The van der Waals surface area contributed by atoms with Crippen molar-refractivity contribution in [3.05, 3.63) is 72.3 Å². The van der Waals surface area contributed by atoms with Gasteiger partial charge in [-0.2, -0.15) is 0 Å². The molecule has 9 nitrogen and oxygen atoms in total. The monoisotopic (exact) mass is 421 g/mol. The number of ether oxygens (including phenoxy) is 1. The number of aromatic nitrogens is 1. The number of hydrogen-bond donors (Lipinski definition) is 3. The van der Waals surface area contributed by atoms with Crippen molar-refractivity contribution in [2.45, 2.75) is 6.54 Å². The lowest BCUT2D eigenvalue weighted by atomic mass is 10.2. The standard InChI is InChI=1S/C22H23N5O4/c28-21(19-4-1-9-23-20(19)27-10-13-30-14-11-27)25-16-5-7-17(8-6-16)26-22(29)24-15-18-3-2-12-31-18/h1-9,12H,10-11,13-15H2,(H,25,28)(H2,24,26,29). The summed E-state index contributed by atoms with van der Waals surface area (Å²) < 4.78 is 10.6. The molecule has 9 heteroatoms. The van der Waals surface area contributed by atoms with E-state index in [0.717, 1.165) is 0 Å². The number of nitrogens with zero attached hydrogens (tertiary/aromatic N) is 2. The number of furan rings is 1. The van der Waals surface area contributed by atoms with E-state index in [2.05, 4.69) is 20.9 Å². The van der Waals surface area contributed by atoms with Crippen molar-refractivity contribution in [3.63, 3.8) is 0 Å². The van der Waals surface area contributed by atoms with Crippen molar-refractivity contribution in [1.82, 2.24) is 10.3 Å². The second-order valence-corrected chi connectivity index (χ2v) is 6.89. The lowest BCUT2D eigenvalue weighted by Crippen LogP contribution is -2.38. The van der Waals surface area contributed by atoms with Gasteiger partial charge in [0.25, 0.3) is 5.91 Å². The quantitative estimate of drug-likeness (QED) is 0.564. The molecule has 1 aromatic carbocycles. The molecule has 0 bridgehead atoms. The van der Waals surface area contributed by atoms with Gasteiger partial charge in [-0.25, -0.2) is 9.78 Å². The topological polar surface area (TPSA) is 109 Å². The van der Waals surface area contributed by atoms with Crippen LogP contribution >= 0.6 is 0 Å². The van der Waals surface area contributed by atoms with E-state index in [-0.39, 0.29) is 11.9 Å². The molecule has 31 heavy (non-hydrogen) atoms. The Hall–Kier alpha value is -3.85. The molecule has 1 saturated heterocycles. The average molecular weight is 421 g/mol. The van der Waals surface area contributed by atoms with Crippen molar-refractivity contribution in [2.75, 3.05) is 41.8 Å². The number of pyridine rings is 1. The molecule has 0 aliphatic carbocycles. The molecule has 0 atom stereocenters. The highest BCUT2D eigenvalue weighted by Crippen LogP contribution is 2.21. The summed E-state index contributed by atoms with van der Waals surface area (Å²) in [6.45, 7) is 2.91. The number of hydrogen-bond acceptors (Lipinski definition) is 6. The summed E-state index contributed by atoms with van der Waals surface area (Å²) in [5.41, 5.74) is 1.72. The highest BCUT2D eigenvalue weighted by atomic mass is 16.5. The van der Waals surface area contributed by atoms with E-state index >= 15 is 0 Å². The summed E-state index contributed by atoms with van der Waals surface area (Å²) in [5, 5.41) is 8.33. The first-order valence-corrected chi connectivity index (χ1v) is 9.95. The van der Waals surface area contributed by atoms with Gasteiger partial charge < -0.3 is 30.0 Å². The maximum atomic E-state index is 12.8. The van der Waals surface area contributed by atoms with Crippen LogP contribution in [-0.4, -0.2) is 43.2 Å². The number of benzene rings is 1. The predicted octanol–water partition coefficient (Wildman–Crippen LogP) is 3.09. The van der Waals surface area contributed by atoms with Gasteiger partial charge in [0.2, 0.25) is 0 Å². The van der Waals surface area contributed by atoms with Gasteiger partial charge in [-0.05, 0) is 48.5 Å². The first kappa shape index (κ1) is 20.4. The lowest BCUT2D eigenvalue weighted by Gasteiger charge is -2.29. The Balaban J connectivity index is 1.34. The fraction of sp³-hybridized carbons (Fsp3) is 0.227. The maximum absolute atomic E-state index is 12.8. The van der Waals surface area contributed by atoms with Crippen LogP contribution in [0.15, 0.2) is 65.4 Å². The number of rotatable bonds is 6. The van der Waals surface area contributed by atoms with Crippen molar-refractivity contribution < 1.29 is 18.7 Å². The fourth-order valence-corrected chi connectivity index (χ4v) is 3.19. The van der Waals surface area contributed by atoms with Gasteiger partial charge in [-0.3, -0.25) is 4.79 Å². The van der Waals surface area contributed by atoms with Crippen molar-refractivity contribution in [1.29, 1.82) is 0 Å². The average Bonchev–Trinajstić information content (AvgIpc) is 3.33. The number of morpholine rings is 1. The van der Waals surface area contributed by atoms with Crippen LogP contribution in [0.4, 0.5) is 22.0 Å². The van der Waals surface area contributed by atoms with E-state index in [9.17, 15) is 9.59 Å². The second-order valence-electron chi connectivity index (χ2n) is 6.89. The van der Waals surface area contributed by atoms with E-state index < -0.39 is 0 Å². The highest BCUT2D eigenvalue weighted by Gasteiger charge is 2.20. The van der Waals surface area contributed by atoms with Gasteiger partial charge in [0.05, 0.1) is 31.6 Å². The summed E-state index contributed by atoms with van der Waals surface area (Å²) in [6.07, 6.45) is 3.23. The molecule has 2 aromatic heterocycles. The smallest absolute Gasteiger partial charge is 0.319 e. The van der Waals surface area contributed by atoms with E-state index in [1.807, 2.05) is 4.90 Å². The molecule has 1 aliphatic heterocycles. The van der Waals surface area contributed by atoms with E-state index in [4.69, 9.17) is 9.15 Å². The van der Waals surface area contributed by atoms with Crippen molar-refractivity contribution >= 4 is 29.1 Å². The Morgan fingerprint density at radius 1 is 0.968 bits per heavy atom. The maximum Gasteiger partial charge on any atom is 0.319 e. The zero-order valence-electron chi connectivity index (χ0n) is 16.8. The molecule has 3 amide bonds. The highest BCUT2D eigenvalue weighted by molar-refractivity contribution is 6.07. The summed E-state index contributed by atoms with van der Waals surface area (Å²) >= 11 is 0. The van der Waals surface area contributed by atoms with Crippen LogP contribution in [0.2, 0.25) is 0 Å². The summed E-state index contributed by atoms with van der Waals surface area (Å²) in [7, 11) is 0. The number of amides is 3. The summed E-state index contributed by atoms with van der Waals surface area (Å²) in [5.74, 6) is 1.07. The molecule has 0 radical (unpaired) electrons. The molecule has 3 N–H and O–H groups in total. The van der Waals surface area contributed by atoms with Crippen molar-refractivity contribution in [2.24, 2.45) is 0 Å². The van der Waals surface area contributed by atoms with Crippen LogP contribution in [0.25, 0.3) is 0 Å². The van der Waals surface area contributed by atoms with Crippen LogP contribution in [-0.2, 0) is 11.3 Å². The summed E-state index contributed by atoms with van der Waals surface area (Å²) in [4.78, 5) is 31.3. The zero-order chi connectivity index (χ0) is 21.5. The number of anilines is 3. The molecule has 0 saturated carbocycles. The van der Waals surface area contributed by atoms with Gasteiger partial charge in [-0.1, -0.05) is 0 Å². The van der Waals surface area contributed by atoms with E-state index in [0.29, 0.717) is 61.4 Å². The molecule has 3 heterocycles.